The van der Waals surface area contributed by atoms with Crippen LogP contribution < -0.4 is 24.8 Å². The fraction of sp³-hybridized carbons (Fsp3) is 0.0488. The van der Waals surface area contributed by atoms with Crippen molar-refractivity contribution in [1.29, 1.82) is 0 Å². The third kappa shape index (κ3) is 5.22. The number of fused-ring (bicyclic) bond motifs is 4. The van der Waals surface area contributed by atoms with Gasteiger partial charge in [0, 0.05) is 0 Å². The first-order chi connectivity index (χ1) is 20.9. The SMILES string of the molecule is C1=C(c2ccccc2)c2ccccc2[CH]1[Zr+2](=[C](c1ccccc1)c1ccccc1)[CH]1c2ccccc2-c2ccccc21.[Cl-].[Cl-]. The monoisotopic (exact) mass is 682 g/mol. The van der Waals surface area contributed by atoms with Crippen LogP contribution in [0.5, 0.6) is 0 Å². The van der Waals surface area contributed by atoms with Crippen LogP contribution in [-0.4, -0.2) is 3.21 Å². The second-order valence-corrected chi connectivity index (χ2v) is 17.6. The third-order valence-electron chi connectivity index (χ3n) is 8.90. The molecule has 2 aliphatic carbocycles. The van der Waals surface area contributed by atoms with Crippen LogP contribution in [0.1, 0.15) is 46.2 Å². The number of allylic oxidation sites excluding steroid dienone is 1. The van der Waals surface area contributed by atoms with Crippen LogP contribution in [0.4, 0.5) is 0 Å². The van der Waals surface area contributed by atoms with Crippen molar-refractivity contribution in [3.05, 3.63) is 209 Å². The van der Waals surface area contributed by atoms with Crippen molar-refractivity contribution in [3.63, 3.8) is 0 Å². The predicted octanol–water partition coefficient (Wildman–Crippen LogP) is 3.84. The molecule has 1 atom stereocenters. The third-order valence-corrected chi connectivity index (χ3v) is 17.6. The zero-order chi connectivity index (χ0) is 27.9. The smallest absolute Gasteiger partial charge is 1.00 e. The summed E-state index contributed by atoms with van der Waals surface area (Å²) in [6.45, 7) is 0. The molecule has 0 saturated heterocycles. The van der Waals surface area contributed by atoms with Crippen molar-refractivity contribution in [2.75, 3.05) is 0 Å². The van der Waals surface area contributed by atoms with Crippen LogP contribution in [0.3, 0.4) is 0 Å². The molecule has 0 aromatic heterocycles. The van der Waals surface area contributed by atoms with Gasteiger partial charge in [0.05, 0.1) is 0 Å². The molecule has 0 saturated carbocycles. The van der Waals surface area contributed by atoms with Crippen LogP contribution in [0.25, 0.3) is 16.7 Å². The maximum atomic E-state index is 2.66. The van der Waals surface area contributed by atoms with Crippen LogP contribution in [0.15, 0.2) is 170 Å². The largest absolute Gasteiger partial charge is 1.00 e. The molecule has 212 valence electrons. The molecule has 0 fully saturated rings. The van der Waals surface area contributed by atoms with E-state index in [4.69, 9.17) is 0 Å². The zero-order valence-corrected chi connectivity index (χ0v) is 28.0. The Morgan fingerprint density at radius 2 is 0.818 bits per heavy atom. The van der Waals surface area contributed by atoms with Crippen LogP contribution >= 0.6 is 0 Å². The van der Waals surface area contributed by atoms with E-state index in [1.54, 1.807) is 3.21 Å². The summed E-state index contributed by atoms with van der Waals surface area (Å²) in [5.41, 5.74) is 14.2. The topological polar surface area (TPSA) is 0 Å². The van der Waals surface area contributed by atoms with Crippen molar-refractivity contribution in [1.82, 2.24) is 0 Å². The molecule has 0 spiro atoms. The molecule has 0 N–H and O–H groups in total. The van der Waals surface area contributed by atoms with E-state index in [0.29, 0.717) is 7.25 Å². The normalized spacial score (nSPS) is 14.1. The van der Waals surface area contributed by atoms with E-state index in [0.717, 1.165) is 0 Å². The molecule has 2 aliphatic rings. The van der Waals surface area contributed by atoms with Gasteiger partial charge in [-0.25, -0.2) is 0 Å². The quantitative estimate of drug-likeness (QED) is 0.259. The van der Waals surface area contributed by atoms with Gasteiger partial charge in [-0.1, -0.05) is 0 Å². The summed E-state index contributed by atoms with van der Waals surface area (Å²) < 4.78 is 2.39. The van der Waals surface area contributed by atoms with Crippen LogP contribution in [0, 0.1) is 0 Å². The number of benzene rings is 6. The van der Waals surface area contributed by atoms with E-state index in [9.17, 15) is 0 Å². The minimum Gasteiger partial charge on any atom is -1.00 e. The summed E-state index contributed by atoms with van der Waals surface area (Å²) in [5, 5.41) is 0. The molecule has 0 bridgehead atoms. The molecule has 0 aliphatic heterocycles. The molecule has 0 radical (unpaired) electrons. The standard InChI is InChI=1S/C15H11.C13H9.C13H10.2ClH.Zr/c1-2-6-12(7-3-1)15-11-10-13-8-4-5-9-14(13)15;1-3-7-12-10(5-1)9-11-6-2-4-8-13(11)12;1-3-7-12(8-4-1)11-13-9-5-2-6-10-13;;;/h1-11H;1-9H;1-10H;2*1H;/q;;;;;+2/p-2. The fourth-order valence-electron chi connectivity index (χ4n) is 7.17. The minimum absolute atomic E-state index is 0. The molecule has 6 aromatic rings. The Morgan fingerprint density at radius 1 is 0.409 bits per heavy atom. The maximum Gasteiger partial charge on any atom is -1.00 e. The summed E-state index contributed by atoms with van der Waals surface area (Å²) in [6, 6.07) is 61.1. The van der Waals surface area contributed by atoms with Gasteiger partial charge in [0.1, 0.15) is 0 Å². The van der Waals surface area contributed by atoms with Gasteiger partial charge in [-0.05, 0) is 0 Å². The number of rotatable bonds is 5. The first-order valence-corrected chi connectivity index (χ1v) is 18.8. The number of hydrogen-bond donors (Lipinski definition) is 0. The average Bonchev–Trinajstić information content (AvgIpc) is 3.61. The van der Waals surface area contributed by atoms with Crippen molar-refractivity contribution in [2.24, 2.45) is 0 Å². The second kappa shape index (κ2) is 13.2. The van der Waals surface area contributed by atoms with Crippen molar-refractivity contribution >= 4 is 8.78 Å². The molecular weight excluding hydrogens is 655 g/mol. The number of halogens is 2. The molecule has 6 aromatic carbocycles. The van der Waals surface area contributed by atoms with Gasteiger partial charge >= 0.3 is 257 Å². The Morgan fingerprint density at radius 3 is 1.34 bits per heavy atom. The maximum absolute atomic E-state index is 2.82. The van der Waals surface area contributed by atoms with Crippen molar-refractivity contribution in [2.45, 2.75) is 7.25 Å². The van der Waals surface area contributed by atoms with Gasteiger partial charge in [-0.2, -0.15) is 0 Å². The summed E-state index contributed by atoms with van der Waals surface area (Å²) in [4.78, 5) is 0. The van der Waals surface area contributed by atoms with E-state index in [1.807, 2.05) is 0 Å². The van der Waals surface area contributed by atoms with E-state index in [1.165, 1.54) is 55.6 Å². The molecule has 0 heterocycles. The van der Waals surface area contributed by atoms with Gasteiger partial charge < -0.3 is 24.8 Å². The Labute approximate surface area is 280 Å². The summed E-state index contributed by atoms with van der Waals surface area (Å²) in [5.74, 6) is 0. The molecular formula is C41H30Cl2Zr. The zero-order valence-electron chi connectivity index (χ0n) is 24.1. The molecule has 44 heavy (non-hydrogen) atoms. The van der Waals surface area contributed by atoms with E-state index >= 15 is 0 Å². The van der Waals surface area contributed by atoms with Crippen molar-refractivity contribution in [3.8, 4) is 11.1 Å². The number of hydrogen-bond acceptors (Lipinski definition) is 0. The minimum atomic E-state index is -2.82. The molecule has 0 nitrogen and oxygen atoms in total. The first-order valence-electron chi connectivity index (χ1n) is 14.8. The Bertz CT molecular complexity index is 1890. The van der Waals surface area contributed by atoms with E-state index < -0.39 is 21.3 Å². The molecule has 3 heteroatoms. The second-order valence-electron chi connectivity index (χ2n) is 11.2. The van der Waals surface area contributed by atoms with Gasteiger partial charge in [-0.3, -0.25) is 0 Å². The van der Waals surface area contributed by atoms with E-state index in [-0.39, 0.29) is 24.8 Å². The Hall–Kier alpha value is -3.61. The molecule has 0 amide bonds. The first kappa shape index (κ1) is 30.4. The van der Waals surface area contributed by atoms with E-state index in [2.05, 4.69) is 170 Å². The fourth-order valence-corrected chi connectivity index (χ4v) is 17.2. The average molecular weight is 685 g/mol. The van der Waals surface area contributed by atoms with Gasteiger partial charge in [0.15, 0.2) is 0 Å². The van der Waals surface area contributed by atoms with Gasteiger partial charge in [0.25, 0.3) is 0 Å². The van der Waals surface area contributed by atoms with Crippen LogP contribution in [-0.2, 0) is 21.3 Å². The van der Waals surface area contributed by atoms with Gasteiger partial charge in [-0.15, -0.1) is 0 Å². The predicted molar refractivity (Wildman–Crippen MR) is 173 cm³/mol. The molecule has 1 unspecified atom stereocenters. The van der Waals surface area contributed by atoms with Gasteiger partial charge in [0.2, 0.25) is 0 Å². The summed E-state index contributed by atoms with van der Waals surface area (Å²) >= 11 is -2.82. The Kier molecular flexibility index (Phi) is 9.11. The summed E-state index contributed by atoms with van der Waals surface area (Å²) in [7, 11) is 0. The summed E-state index contributed by atoms with van der Waals surface area (Å²) in [6.07, 6.45) is 2.66. The Balaban J connectivity index is 0.00000171. The van der Waals surface area contributed by atoms with Crippen molar-refractivity contribution < 1.29 is 46.1 Å². The van der Waals surface area contributed by atoms with Crippen LogP contribution in [0.2, 0.25) is 0 Å². The molecule has 8 rings (SSSR count).